The maximum absolute atomic E-state index is 11.5. The van der Waals surface area contributed by atoms with Crippen LogP contribution in [-0.4, -0.2) is 9.58 Å². The smallest absolute Gasteiger partial charge is 0.230 e. The van der Waals surface area contributed by atoms with Crippen molar-refractivity contribution in [2.45, 2.75) is 3.79 Å². The van der Waals surface area contributed by atoms with E-state index in [2.05, 4.69) is 0 Å². The molecule has 0 unspecified atom stereocenters. The van der Waals surface area contributed by atoms with Gasteiger partial charge in [0.05, 0.1) is 5.70 Å². The second-order valence-electron chi connectivity index (χ2n) is 3.24. The van der Waals surface area contributed by atoms with Gasteiger partial charge in [0.25, 0.3) is 0 Å². The molecule has 0 aromatic heterocycles. The number of nitrogens with two attached hydrogens (primary N) is 1. The molecule has 0 heterocycles. The van der Waals surface area contributed by atoms with Gasteiger partial charge in [-0.3, -0.25) is 4.79 Å². The fourth-order valence-electron chi connectivity index (χ4n) is 1.03. The molecule has 90 valence electrons. The first-order valence-corrected chi connectivity index (χ1v) is 5.84. The molecule has 0 saturated heterocycles. The van der Waals surface area contributed by atoms with E-state index in [1.165, 1.54) is 6.08 Å². The van der Waals surface area contributed by atoms with Crippen molar-refractivity contribution in [1.29, 1.82) is 0 Å². The summed E-state index contributed by atoms with van der Waals surface area (Å²) in [5.74, 6) is -0.335. The predicted octanol–water partition coefficient (Wildman–Crippen LogP) is 3.48. The minimum Gasteiger partial charge on any atom is -0.398 e. The molecule has 1 aromatic rings. The van der Waals surface area contributed by atoms with Gasteiger partial charge in [-0.15, -0.1) is 0 Å². The lowest BCUT2D eigenvalue weighted by atomic mass is 10.2. The van der Waals surface area contributed by atoms with Crippen molar-refractivity contribution in [2.24, 2.45) is 5.73 Å². The zero-order chi connectivity index (χ0) is 12.9. The molecule has 1 aromatic carbocycles. The second kappa shape index (κ2) is 6.10. The maximum Gasteiger partial charge on any atom is 0.230 e. The summed E-state index contributed by atoms with van der Waals surface area (Å²) < 4.78 is -1.75. The number of carbonyl (C=O) groups excluding carboxylic acids is 1. The Kier molecular flexibility index (Phi) is 5.06. The molecule has 0 amide bonds. The molecule has 0 bridgehead atoms. The van der Waals surface area contributed by atoms with E-state index in [4.69, 9.17) is 40.5 Å². The Morgan fingerprint density at radius 3 is 2.29 bits per heavy atom. The molecule has 1 rings (SSSR count). The van der Waals surface area contributed by atoms with Gasteiger partial charge >= 0.3 is 0 Å². The number of hydrogen-bond donors (Lipinski definition) is 1. The van der Waals surface area contributed by atoms with Crippen LogP contribution < -0.4 is 5.73 Å². The largest absolute Gasteiger partial charge is 0.398 e. The van der Waals surface area contributed by atoms with Gasteiger partial charge in [0.1, 0.15) is 0 Å². The van der Waals surface area contributed by atoms with Gasteiger partial charge in [-0.05, 0) is 11.6 Å². The van der Waals surface area contributed by atoms with E-state index in [1.54, 1.807) is 6.08 Å². The quantitative estimate of drug-likeness (QED) is 0.684. The third-order valence-electron chi connectivity index (χ3n) is 1.86. The molecule has 2 N–H and O–H groups in total. The summed E-state index contributed by atoms with van der Waals surface area (Å²) in [6.07, 6.45) is 4.11. The lowest BCUT2D eigenvalue weighted by molar-refractivity contribution is -0.110. The molecule has 2 nitrogen and oxygen atoms in total. The molecular formula is C12H10Cl3NO. The summed E-state index contributed by atoms with van der Waals surface area (Å²) in [4.78, 5) is 11.5. The van der Waals surface area contributed by atoms with E-state index in [9.17, 15) is 4.79 Å². The van der Waals surface area contributed by atoms with Crippen molar-refractivity contribution in [1.82, 2.24) is 0 Å². The molecule has 0 radical (unpaired) electrons. The zero-order valence-electron chi connectivity index (χ0n) is 8.74. The van der Waals surface area contributed by atoms with Gasteiger partial charge in [-0.1, -0.05) is 71.2 Å². The summed E-state index contributed by atoms with van der Waals surface area (Å²) in [6, 6.07) is 9.36. The van der Waals surface area contributed by atoms with E-state index in [0.717, 1.165) is 11.6 Å². The molecule has 0 spiro atoms. The zero-order valence-corrected chi connectivity index (χ0v) is 11.0. The monoisotopic (exact) mass is 289 g/mol. The summed E-state index contributed by atoms with van der Waals surface area (Å²) in [7, 11) is 0. The van der Waals surface area contributed by atoms with Crippen LogP contribution in [0.15, 0.2) is 48.2 Å². The number of rotatable bonds is 3. The average molecular weight is 291 g/mol. The van der Waals surface area contributed by atoms with Gasteiger partial charge in [0.15, 0.2) is 5.78 Å². The molecule has 0 aliphatic carbocycles. The van der Waals surface area contributed by atoms with Gasteiger partial charge < -0.3 is 5.73 Å². The maximum atomic E-state index is 11.5. The van der Waals surface area contributed by atoms with Crippen LogP contribution in [0, 0.1) is 0 Å². The highest BCUT2D eigenvalue weighted by atomic mass is 35.6. The Morgan fingerprint density at radius 1 is 1.18 bits per heavy atom. The number of carbonyl (C=O) groups is 1. The highest BCUT2D eigenvalue weighted by Crippen LogP contribution is 2.31. The fraction of sp³-hybridized carbons (Fsp3) is 0.0833. The Hall–Kier alpha value is -0.960. The summed E-state index contributed by atoms with van der Waals surface area (Å²) in [5.41, 5.74) is 6.23. The summed E-state index contributed by atoms with van der Waals surface area (Å²) >= 11 is 16.5. The van der Waals surface area contributed by atoms with Gasteiger partial charge in [-0.25, -0.2) is 0 Å². The SMILES string of the molecule is NC(=CC(=O)C=Cc1ccccc1)C(Cl)(Cl)Cl. The lowest BCUT2D eigenvalue weighted by Gasteiger charge is -2.09. The van der Waals surface area contributed by atoms with Gasteiger partial charge in [-0.2, -0.15) is 0 Å². The lowest BCUT2D eigenvalue weighted by Crippen LogP contribution is -2.16. The fourth-order valence-corrected chi connectivity index (χ4v) is 1.19. The summed E-state index contributed by atoms with van der Waals surface area (Å²) in [5, 5.41) is 0. The van der Waals surface area contributed by atoms with Crippen molar-refractivity contribution >= 4 is 46.7 Å². The van der Waals surface area contributed by atoms with Crippen LogP contribution in [0.4, 0.5) is 0 Å². The van der Waals surface area contributed by atoms with E-state index < -0.39 is 3.79 Å². The van der Waals surface area contributed by atoms with Crippen LogP contribution >= 0.6 is 34.8 Å². The van der Waals surface area contributed by atoms with Crippen LogP contribution in [0.5, 0.6) is 0 Å². The van der Waals surface area contributed by atoms with Gasteiger partial charge in [0.2, 0.25) is 3.79 Å². The minimum atomic E-state index is -1.75. The van der Waals surface area contributed by atoms with Crippen LogP contribution in [0.1, 0.15) is 5.56 Å². The molecule has 0 aliphatic rings. The van der Waals surface area contributed by atoms with Crippen LogP contribution in [0.2, 0.25) is 0 Å². The standard InChI is InChI=1S/C12H10Cl3NO/c13-12(14,15)11(16)8-10(17)7-6-9-4-2-1-3-5-9/h1-8H,16H2. The summed E-state index contributed by atoms with van der Waals surface area (Å²) in [6.45, 7) is 0. The number of benzene rings is 1. The molecule has 0 saturated carbocycles. The highest BCUT2D eigenvalue weighted by Gasteiger charge is 2.23. The van der Waals surface area contributed by atoms with Crippen molar-refractivity contribution < 1.29 is 4.79 Å². The molecule has 0 atom stereocenters. The third kappa shape index (κ3) is 5.26. The Morgan fingerprint density at radius 2 is 1.76 bits per heavy atom. The van der Waals surface area contributed by atoms with Crippen molar-refractivity contribution in [3.63, 3.8) is 0 Å². The van der Waals surface area contributed by atoms with E-state index in [-0.39, 0.29) is 11.5 Å². The molecule has 0 aliphatic heterocycles. The first kappa shape index (κ1) is 14.1. The van der Waals surface area contributed by atoms with Crippen molar-refractivity contribution in [3.05, 3.63) is 53.7 Å². The number of halogens is 3. The number of allylic oxidation sites excluding steroid dienone is 3. The van der Waals surface area contributed by atoms with Crippen LogP contribution in [0.25, 0.3) is 6.08 Å². The van der Waals surface area contributed by atoms with E-state index in [1.807, 2.05) is 30.3 Å². The van der Waals surface area contributed by atoms with E-state index in [0.29, 0.717) is 0 Å². The Labute approximate surface area is 115 Å². The normalized spacial score (nSPS) is 13.0. The minimum absolute atomic E-state index is 0.106. The number of alkyl halides is 3. The number of ketones is 1. The topological polar surface area (TPSA) is 43.1 Å². The molecule has 0 fully saturated rings. The Bertz CT molecular complexity index is 447. The van der Waals surface area contributed by atoms with Crippen molar-refractivity contribution in [2.75, 3.05) is 0 Å². The van der Waals surface area contributed by atoms with Crippen molar-refractivity contribution in [3.8, 4) is 0 Å². The van der Waals surface area contributed by atoms with Gasteiger partial charge in [0, 0.05) is 6.08 Å². The Balaban J connectivity index is 2.72. The molecule has 17 heavy (non-hydrogen) atoms. The molecule has 5 heteroatoms. The second-order valence-corrected chi connectivity index (χ2v) is 5.53. The van der Waals surface area contributed by atoms with E-state index >= 15 is 0 Å². The predicted molar refractivity (Wildman–Crippen MR) is 73.0 cm³/mol. The van der Waals surface area contributed by atoms with Crippen LogP contribution in [-0.2, 0) is 4.79 Å². The van der Waals surface area contributed by atoms with Crippen LogP contribution in [0.3, 0.4) is 0 Å². The molecular weight excluding hydrogens is 280 g/mol. The third-order valence-corrected chi connectivity index (χ3v) is 2.52. The highest BCUT2D eigenvalue weighted by molar-refractivity contribution is 6.69. The first-order chi connectivity index (χ1) is 7.89. The first-order valence-electron chi connectivity index (χ1n) is 4.71. The number of hydrogen-bond acceptors (Lipinski definition) is 2. The average Bonchev–Trinajstić information content (AvgIpc) is 2.26.